The quantitative estimate of drug-likeness (QED) is 0.269. The van der Waals surface area contributed by atoms with E-state index in [1.54, 1.807) is 0 Å². The third kappa shape index (κ3) is 7.35. The normalized spacial score (nSPS) is 12.1. The molecule has 0 saturated carbocycles. The Morgan fingerprint density at radius 3 is 1.38 bits per heavy atom. The zero-order valence-corrected chi connectivity index (χ0v) is 25.2. The molecule has 160 valence electrons. The Morgan fingerprint density at radius 1 is 0.655 bits per heavy atom. The number of hydrogen-bond donors (Lipinski definition) is 0. The summed E-state index contributed by atoms with van der Waals surface area (Å²) in [5.74, 6) is 1.97. The van der Waals surface area contributed by atoms with Crippen molar-refractivity contribution < 1.29 is 7.56 Å². The molecule has 2 aromatic rings. The van der Waals surface area contributed by atoms with E-state index in [2.05, 4.69) is 83.9 Å². The van der Waals surface area contributed by atoms with Gasteiger partial charge in [-0.25, -0.2) is 0 Å². The van der Waals surface area contributed by atoms with E-state index in [-0.39, 0.29) is 0 Å². The first-order valence-corrected chi connectivity index (χ1v) is 26.9. The van der Waals surface area contributed by atoms with Crippen molar-refractivity contribution in [2.45, 2.75) is 73.1 Å². The second-order valence-electron chi connectivity index (χ2n) is 8.69. The summed E-state index contributed by atoms with van der Waals surface area (Å²) >= 11 is -6.46. The van der Waals surface area contributed by atoms with Gasteiger partial charge in [-0.2, -0.15) is 0 Å². The van der Waals surface area contributed by atoms with Crippen molar-refractivity contribution in [2.24, 2.45) is 0 Å². The van der Waals surface area contributed by atoms with Gasteiger partial charge in [0.1, 0.15) is 0 Å². The average Bonchev–Trinajstić information content (AvgIpc) is 2.61. The minimum absolute atomic E-state index is 0.986. The van der Waals surface area contributed by atoms with Gasteiger partial charge in [0.05, 0.1) is 0 Å². The van der Waals surface area contributed by atoms with Crippen LogP contribution in [0.1, 0.15) is 48.9 Å². The molecule has 0 bridgehead atoms. The summed E-state index contributed by atoms with van der Waals surface area (Å²) < 4.78 is 19.8. The second kappa shape index (κ2) is 10.8. The van der Waals surface area contributed by atoms with Crippen molar-refractivity contribution in [1.82, 2.24) is 0 Å². The Labute approximate surface area is 188 Å². The van der Waals surface area contributed by atoms with E-state index in [4.69, 9.17) is 7.56 Å². The van der Waals surface area contributed by atoms with Crippen LogP contribution in [-0.2, 0) is 14.3 Å². The molecule has 0 atom stereocenters. The zero-order chi connectivity index (χ0) is 21.7. The van der Waals surface area contributed by atoms with Crippen LogP contribution >= 0.6 is 0 Å². The van der Waals surface area contributed by atoms with E-state index in [1.165, 1.54) is 22.3 Å². The monoisotopic (exact) mass is 614 g/mol. The molecule has 0 aliphatic carbocycles. The zero-order valence-electron chi connectivity index (χ0n) is 19.5. The molecule has 0 aliphatic heterocycles. The van der Waals surface area contributed by atoms with Gasteiger partial charge in [0.15, 0.2) is 0 Å². The van der Waals surface area contributed by atoms with Crippen molar-refractivity contribution >= 4 is 38.4 Å². The Morgan fingerprint density at radius 2 is 1.03 bits per heavy atom. The van der Waals surface area contributed by atoms with Gasteiger partial charge < -0.3 is 0 Å². The van der Waals surface area contributed by atoms with Crippen molar-refractivity contribution in [3.63, 3.8) is 0 Å². The summed E-state index contributed by atoms with van der Waals surface area (Å²) in [6.07, 6.45) is 4.45. The van der Waals surface area contributed by atoms with Crippen molar-refractivity contribution in [2.75, 3.05) is 0 Å². The fourth-order valence-electron chi connectivity index (χ4n) is 3.78. The number of rotatable bonds is 10. The van der Waals surface area contributed by atoms with Gasteiger partial charge in [-0.05, 0) is 0 Å². The van der Waals surface area contributed by atoms with Crippen LogP contribution < -0.4 is 6.15 Å². The third-order valence-electron chi connectivity index (χ3n) is 5.03. The first-order valence-electron chi connectivity index (χ1n) is 10.8. The maximum atomic E-state index is 6.72. The fraction of sp³-hybridized carbons (Fsp3) is 0.500. The molecule has 0 aliphatic rings. The molecule has 0 radical (unpaired) electrons. The Balaban J connectivity index is 2.15. The van der Waals surface area contributed by atoms with Crippen molar-refractivity contribution in [3.05, 3.63) is 58.7 Å². The van der Waals surface area contributed by atoms with E-state index < -0.39 is 38.4 Å². The van der Waals surface area contributed by atoms with E-state index in [9.17, 15) is 0 Å². The summed E-state index contributed by atoms with van der Waals surface area (Å²) in [5, 5.41) is 0. The standard InChI is InChI=1S/2C10H14O.4CH3.O.2Sn/c2*1-3-5-9-6-4-7-10(11)8(9)2;;;;;;;/h2*4,6-7,11H,3,5H2,1-2H3;4*1H3;;;/q;;;;;;;2*+1/p-2. The fourth-order valence-corrected chi connectivity index (χ4v) is 35.9. The van der Waals surface area contributed by atoms with Crippen molar-refractivity contribution in [3.8, 4) is 11.5 Å². The predicted octanol–water partition coefficient (Wildman–Crippen LogP) is 7.09. The predicted molar refractivity (Wildman–Crippen MR) is 128 cm³/mol. The van der Waals surface area contributed by atoms with Gasteiger partial charge in [-0.1, -0.05) is 0 Å². The SMILES string of the molecule is CCCc1cccc([O][Sn]([CH3])([CH3])[O][Sn]([CH3])([CH3])[O]c2cccc(CCC)c2C)c1C. The van der Waals surface area contributed by atoms with E-state index in [0.29, 0.717) is 0 Å². The molecule has 29 heavy (non-hydrogen) atoms. The molecule has 0 spiro atoms. The molecular formula is C24H38O3Sn2. The van der Waals surface area contributed by atoms with Gasteiger partial charge >= 0.3 is 189 Å². The first-order chi connectivity index (χ1) is 13.6. The molecule has 0 saturated heterocycles. The van der Waals surface area contributed by atoms with E-state index >= 15 is 0 Å². The molecule has 5 heteroatoms. The van der Waals surface area contributed by atoms with Crippen LogP contribution in [0.4, 0.5) is 0 Å². The van der Waals surface area contributed by atoms with Crippen LogP contribution in [0, 0.1) is 13.8 Å². The molecular weight excluding hydrogens is 574 g/mol. The van der Waals surface area contributed by atoms with Gasteiger partial charge in [0.25, 0.3) is 0 Å². The molecule has 3 nitrogen and oxygen atoms in total. The van der Waals surface area contributed by atoms with Gasteiger partial charge in [0.2, 0.25) is 0 Å². The van der Waals surface area contributed by atoms with Gasteiger partial charge in [0, 0.05) is 0 Å². The van der Waals surface area contributed by atoms with Crippen molar-refractivity contribution in [1.29, 1.82) is 0 Å². The average molecular weight is 612 g/mol. The summed E-state index contributed by atoms with van der Waals surface area (Å²) in [4.78, 5) is 8.79. The van der Waals surface area contributed by atoms with E-state index in [0.717, 1.165) is 37.2 Å². The van der Waals surface area contributed by atoms with Crippen LogP contribution in [0.3, 0.4) is 0 Å². The van der Waals surface area contributed by atoms with Crippen LogP contribution in [0.2, 0.25) is 19.8 Å². The third-order valence-corrected chi connectivity index (χ3v) is 30.7. The van der Waals surface area contributed by atoms with Crippen LogP contribution in [0.15, 0.2) is 36.4 Å². The van der Waals surface area contributed by atoms with Gasteiger partial charge in [-0.15, -0.1) is 0 Å². The molecule has 2 aromatic carbocycles. The number of hydrogen-bond acceptors (Lipinski definition) is 3. The van der Waals surface area contributed by atoms with Crippen LogP contribution in [0.5, 0.6) is 11.5 Å². The number of aryl methyl sites for hydroxylation is 2. The summed E-state index contributed by atoms with van der Waals surface area (Å²) in [6.45, 7) is 8.75. The van der Waals surface area contributed by atoms with Crippen LogP contribution in [0.25, 0.3) is 0 Å². The maximum absolute atomic E-state index is 6.72. The number of benzene rings is 2. The summed E-state index contributed by atoms with van der Waals surface area (Å²) in [7, 11) is 0. The molecule has 0 N–H and O–H groups in total. The summed E-state index contributed by atoms with van der Waals surface area (Å²) in [6, 6.07) is 12.8. The second-order valence-corrected chi connectivity index (χ2v) is 30.3. The van der Waals surface area contributed by atoms with Crippen LogP contribution in [-0.4, -0.2) is 38.4 Å². The first kappa shape index (κ1) is 24.9. The molecule has 0 aromatic heterocycles. The molecule has 0 amide bonds. The summed E-state index contributed by atoms with van der Waals surface area (Å²) in [5.41, 5.74) is 5.24. The molecule has 0 fully saturated rings. The minimum atomic E-state index is -3.23. The Kier molecular flexibility index (Phi) is 9.22. The molecule has 0 heterocycles. The Bertz CT molecular complexity index is 748. The Hall–Kier alpha value is -0.403. The molecule has 0 unspecified atom stereocenters. The van der Waals surface area contributed by atoms with E-state index in [1.807, 2.05) is 0 Å². The topological polar surface area (TPSA) is 27.7 Å². The van der Waals surface area contributed by atoms with Gasteiger partial charge in [-0.3, -0.25) is 0 Å². The molecule has 2 rings (SSSR count).